The van der Waals surface area contributed by atoms with Crippen molar-refractivity contribution in [1.82, 2.24) is 0 Å². The number of fused-ring (bicyclic) bond motifs is 1. The van der Waals surface area contributed by atoms with E-state index in [4.69, 9.17) is 16.2 Å². The highest BCUT2D eigenvalue weighted by Gasteiger charge is 2.32. The number of rotatable bonds is 4. The first kappa shape index (κ1) is 15.9. The van der Waals surface area contributed by atoms with Gasteiger partial charge in [0.2, 0.25) is 5.91 Å². The number of nitrogens with two attached hydrogens (primary N) is 2. The van der Waals surface area contributed by atoms with Crippen LogP contribution >= 0.6 is 0 Å². The number of halogens is 1. The van der Waals surface area contributed by atoms with Crippen LogP contribution in [0.25, 0.3) is 0 Å². The fourth-order valence-electron chi connectivity index (χ4n) is 2.80. The van der Waals surface area contributed by atoms with Crippen molar-refractivity contribution in [2.75, 3.05) is 6.61 Å². The number of Topliss-reactive ketones (excluding diaryl/α,β-unsaturated/α-hetero) is 1. The van der Waals surface area contributed by atoms with Gasteiger partial charge in [0, 0.05) is 5.56 Å². The van der Waals surface area contributed by atoms with E-state index in [9.17, 15) is 18.8 Å². The molecule has 1 atom stereocenters. The van der Waals surface area contributed by atoms with Crippen LogP contribution in [0.4, 0.5) is 9.18 Å². The van der Waals surface area contributed by atoms with E-state index < -0.39 is 23.7 Å². The van der Waals surface area contributed by atoms with Crippen LogP contribution in [0, 0.1) is 18.7 Å². The summed E-state index contributed by atoms with van der Waals surface area (Å²) in [7, 11) is 0. The number of amides is 2. The molecule has 0 spiro atoms. The summed E-state index contributed by atoms with van der Waals surface area (Å²) >= 11 is 0. The predicted molar refractivity (Wildman–Crippen MR) is 75.7 cm³/mol. The molecule has 1 aliphatic carbocycles. The topological polar surface area (TPSA) is 112 Å². The normalized spacial score (nSPS) is 17.0. The number of hydrogen-bond acceptors (Lipinski definition) is 4. The maximum Gasteiger partial charge on any atom is 0.404 e. The van der Waals surface area contributed by atoms with Crippen molar-refractivity contribution in [1.29, 1.82) is 0 Å². The molecule has 0 aromatic heterocycles. The second kappa shape index (κ2) is 6.13. The van der Waals surface area contributed by atoms with Gasteiger partial charge in [-0.3, -0.25) is 9.59 Å². The van der Waals surface area contributed by atoms with Crippen LogP contribution in [0.15, 0.2) is 6.07 Å². The Hall–Kier alpha value is -2.44. The molecule has 118 valence electrons. The predicted octanol–water partition coefficient (Wildman–Crippen LogP) is 1.00. The smallest absolute Gasteiger partial charge is 0.404 e. The zero-order valence-electron chi connectivity index (χ0n) is 12.1. The van der Waals surface area contributed by atoms with Gasteiger partial charge in [-0.25, -0.2) is 9.18 Å². The lowest BCUT2D eigenvalue weighted by Crippen LogP contribution is -2.31. The maximum atomic E-state index is 13.9. The van der Waals surface area contributed by atoms with Gasteiger partial charge in [-0.15, -0.1) is 0 Å². The van der Waals surface area contributed by atoms with Crippen LogP contribution in [0.1, 0.15) is 33.5 Å². The third-order valence-corrected chi connectivity index (χ3v) is 3.89. The molecule has 6 nitrogen and oxygen atoms in total. The first-order valence-electron chi connectivity index (χ1n) is 6.86. The molecule has 2 rings (SSSR count). The van der Waals surface area contributed by atoms with E-state index in [1.807, 2.05) is 0 Å². The first-order chi connectivity index (χ1) is 10.3. The Kier molecular flexibility index (Phi) is 4.44. The second-order valence-corrected chi connectivity index (χ2v) is 5.37. The third kappa shape index (κ3) is 3.08. The van der Waals surface area contributed by atoms with Crippen molar-refractivity contribution in [3.8, 4) is 0 Å². The van der Waals surface area contributed by atoms with Crippen molar-refractivity contribution in [3.05, 3.63) is 34.1 Å². The molecule has 1 unspecified atom stereocenters. The summed E-state index contributed by atoms with van der Waals surface area (Å²) in [6, 6.07) is 1.17. The molecule has 0 radical (unpaired) electrons. The first-order valence-corrected chi connectivity index (χ1v) is 6.86. The van der Waals surface area contributed by atoms with E-state index in [1.165, 1.54) is 6.07 Å². The highest BCUT2D eigenvalue weighted by atomic mass is 19.1. The molecule has 4 N–H and O–H groups in total. The van der Waals surface area contributed by atoms with Gasteiger partial charge in [-0.1, -0.05) is 0 Å². The van der Waals surface area contributed by atoms with E-state index in [1.54, 1.807) is 6.92 Å². The quantitative estimate of drug-likeness (QED) is 0.864. The summed E-state index contributed by atoms with van der Waals surface area (Å²) in [6.07, 6.45) is -0.275. The molecular weight excluding hydrogens is 291 g/mol. The molecule has 0 fully saturated rings. The minimum absolute atomic E-state index is 0.125. The Balaban J connectivity index is 2.42. The number of carbonyl (C=O) groups excluding carboxylic acids is 3. The molecule has 1 aromatic rings. The zero-order valence-corrected chi connectivity index (χ0v) is 12.1. The number of hydrogen-bond donors (Lipinski definition) is 2. The molecule has 7 heteroatoms. The molecule has 1 aliphatic rings. The van der Waals surface area contributed by atoms with E-state index >= 15 is 0 Å². The summed E-state index contributed by atoms with van der Waals surface area (Å²) in [4.78, 5) is 34.4. The SMILES string of the molecule is Cc1c(F)cc(CC(N)=O)c2c1CCC(COC(N)=O)C2=O. The van der Waals surface area contributed by atoms with Crippen molar-refractivity contribution < 1.29 is 23.5 Å². The van der Waals surface area contributed by atoms with Gasteiger partial charge >= 0.3 is 6.09 Å². The van der Waals surface area contributed by atoms with E-state index in [-0.39, 0.29) is 24.4 Å². The van der Waals surface area contributed by atoms with Crippen molar-refractivity contribution in [3.63, 3.8) is 0 Å². The largest absolute Gasteiger partial charge is 0.449 e. The average Bonchev–Trinajstić information content (AvgIpc) is 2.42. The summed E-state index contributed by atoms with van der Waals surface area (Å²) in [5, 5.41) is 0. The van der Waals surface area contributed by atoms with Crippen LogP contribution in [-0.2, 0) is 22.4 Å². The highest BCUT2D eigenvalue weighted by molar-refractivity contribution is 6.03. The van der Waals surface area contributed by atoms with E-state index in [0.717, 1.165) is 0 Å². The van der Waals surface area contributed by atoms with E-state index in [2.05, 4.69) is 0 Å². The number of ether oxygens (including phenoxy) is 1. The Labute approximate surface area is 126 Å². The van der Waals surface area contributed by atoms with Crippen molar-refractivity contribution in [2.45, 2.75) is 26.2 Å². The Morgan fingerprint density at radius 3 is 2.68 bits per heavy atom. The zero-order chi connectivity index (χ0) is 16.4. The number of carbonyl (C=O) groups is 3. The van der Waals surface area contributed by atoms with Gasteiger partial charge < -0.3 is 16.2 Å². The molecule has 0 saturated carbocycles. The molecule has 1 aromatic carbocycles. The molecule has 0 heterocycles. The molecule has 22 heavy (non-hydrogen) atoms. The monoisotopic (exact) mass is 308 g/mol. The minimum atomic E-state index is -0.953. The Morgan fingerprint density at radius 1 is 1.41 bits per heavy atom. The van der Waals surface area contributed by atoms with Crippen molar-refractivity contribution >= 4 is 17.8 Å². The average molecular weight is 308 g/mol. The van der Waals surface area contributed by atoms with Gasteiger partial charge in [0.25, 0.3) is 0 Å². The van der Waals surface area contributed by atoms with Gasteiger partial charge in [-0.05, 0) is 42.5 Å². The summed E-state index contributed by atoms with van der Waals surface area (Å²) in [5.74, 6) is -1.93. The standard InChI is InChI=1S/C15H17FN2O4/c1-7-10-3-2-8(6-22-15(18)21)14(20)13(10)9(4-11(7)16)5-12(17)19/h4,8H,2-3,5-6H2,1H3,(H2,17,19)(H2,18,21). The lowest BCUT2D eigenvalue weighted by atomic mass is 9.78. The van der Waals surface area contributed by atoms with Gasteiger partial charge in [0.15, 0.2) is 5.78 Å². The number of ketones is 1. The molecule has 0 aliphatic heterocycles. The lowest BCUT2D eigenvalue weighted by molar-refractivity contribution is -0.117. The van der Waals surface area contributed by atoms with Gasteiger partial charge in [-0.2, -0.15) is 0 Å². The fraction of sp³-hybridized carbons (Fsp3) is 0.400. The summed E-state index contributed by atoms with van der Waals surface area (Å²) < 4.78 is 18.6. The molecular formula is C15H17FN2O4. The third-order valence-electron chi connectivity index (χ3n) is 3.89. The Bertz CT molecular complexity index is 657. The van der Waals surface area contributed by atoms with Crippen molar-refractivity contribution in [2.24, 2.45) is 17.4 Å². The van der Waals surface area contributed by atoms with Crippen LogP contribution < -0.4 is 11.5 Å². The minimum Gasteiger partial charge on any atom is -0.449 e. The van der Waals surface area contributed by atoms with E-state index in [0.29, 0.717) is 29.5 Å². The van der Waals surface area contributed by atoms with Gasteiger partial charge in [0.1, 0.15) is 12.4 Å². The van der Waals surface area contributed by atoms with Crippen LogP contribution in [0.2, 0.25) is 0 Å². The Morgan fingerprint density at radius 2 is 2.09 bits per heavy atom. The lowest BCUT2D eigenvalue weighted by Gasteiger charge is -2.26. The number of primary amides is 2. The van der Waals surface area contributed by atoms with Crippen LogP contribution in [-0.4, -0.2) is 24.4 Å². The summed E-state index contributed by atoms with van der Waals surface area (Å²) in [5.41, 5.74) is 11.7. The van der Waals surface area contributed by atoms with Gasteiger partial charge in [0.05, 0.1) is 12.3 Å². The number of benzene rings is 1. The maximum absolute atomic E-state index is 13.9. The highest BCUT2D eigenvalue weighted by Crippen LogP contribution is 2.32. The molecule has 2 amide bonds. The molecule has 0 saturated heterocycles. The molecule has 0 bridgehead atoms. The van der Waals surface area contributed by atoms with Crippen LogP contribution in [0.5, 0.6) is 0 Å². The fourth-order valence-corrected chi connectivity index (χ4v) is 2.80. The van der Waals surface area contributed by atoms with Crippen LogP contribution in [0.3, 0.4) is 0 Å². The summed E-state index contributed by atoms with van der Waals surface area (Å²) in [6.45, 7) is 1.47. The second-order valence-electron chi connectivity index (χ2n) is 5.37.